The van der Waals surface area contributed by atoms with E-state index in [9.17, 15) is 4.79 Å². The summed E-state index contributed by atoms with van der Waals surface area (Å²) < 4.78 is 3.33. The zero-order valence-corrected chi connectivity index (χ0v) is 19.0. The van der Waals surface area contributed by atoms with Gasteiger partial charge in [-0.2, -0.15) is 5.10 Å². The maximum absolute atomic E-state index is 12.4. The molecule has 0 bridgehead atoms. The van der Waals surface area contributed by atoms with E-state index < -0.39 is 0 Å². The van der Waals surface area contributed by atoms with Gasteiger partial charge in [-0.05, 0) is 45.7 Å². The number of anilines is 1. The molecule has 0 aromatic carbocycles. The molecule has 4 heterocycles. The minimum atomic E-state index is -0.0852. The summed E-state index contributed by atoms with van der Waals surface area (Å²) >= 11 is 0. The molecule has 2 fully saturated rings. The van der Waals surface area contributed by atoms with Crippen LogP contribution in [0.2, 0.25) is 0 Å². The highest BCUT2D eigenvalue weighted by atomic mass is 16.1. The van der Waals surface area contributed by atoms with Gasteiger partial charge in [-0.25, -0.2) is 19.3 Å². The lowest BCUT2D eigenvalue weighted by molar-refractivity contribution is 0.242. The molecule has 9 nitrogen and oxygen atoms in total. The molecule has 32 heavy (non-hydrogen) atoms. The fourth-order valence-electron chi connectivity index (χ4n) is 4.27. The largest absolute Gasteiger partial charge is 0.354 e. The fraction of sp³-hybridized carbons (Fsp3) is 0.522. The fourth-order valence-corrected chi connectivity index (χ4v) is 4.27. The highest BCUT2D eigenvalue weighted by Crippen LogP contribution is 2.38. The van der Waals surface area contributed by atoms with E-state index in [0.717, 1.165) is 61.4 Å². The van der Waals surface area contributed by atoms with Crippen molar-refractivity contribution in [3.8, 4) is 5.82 Å². The predicted molar refractivity (Wildman–Crippen MR) is 122 cm³/mol. The van der Waals surface area contributed by atoms with Gasteiger partial charge in [-0.15, -0.1) is 5.10 Å². The van der Waals surface area contributed by atoms with Crippen molar-refractivity contribution in [1.29, 1.82) is 0 Å². The molecule has 1 aliphatic heterocycles. The molecule has 1 saturated heterocycles. The molecule has 5 rings (SSSR count). The van der Waals surface area contributed by atoms with Crippen LogP contribution in [0.5, 0.6) is 0 Å². The van der Waals surface area contributed by atoms with Crippen molar-refractivity contribution in [2.45, 2.75) is 46.1 Å². The van der Waals surface area contributed by atoms with Crippen LogP contribution in [0.1, 0.15) is 41.7 Å². The summed E-state index contributed by atoms with van der Waals surface area (Å²) in [6.45, 7) is 11.1. The lowest BCUT2D eigenvalue weighted by Crippen LogP contribution is -2.48. The van der Waals surface area contributed by atoms with E-state index >= 15 is 0 Å². The standard InChI is InChI=1S/C23H30N8O/c1-16-15-21(25-23(24-16)19-4-5-19)29-11-8-28(9-12-29)10-13-30-22(32)7-6-20(27-30)31-18(3)14-17(2)26-31/h6-7,14-15,19H,4-5,8-13H2,1-3H3. The van der Waals surface area contributed by atoms with Crippen LogP contribution in [-0.4, -0.2) is 67.2 Å². The zero-order valence-electron chi connectivity index (χ0n) is 19.0. The van der Waals surface area contributed by atoms with Gasteiger partial charge in [0.15, 0.2) is 5.82 Å². The first-order valence-corrected chi connectivity index (χ1v) is 11.4. The van der Waals surface area contributed by atoms with Crippen LogP contribution < -0.4 is 10.5 Å². The monoisotopic (exact) mass is 434 g/mol. The number of rotatable bonds is 6. The Balaban J connectivity index is 1.21. The molecule has 0 atom stereocenters. The van der Waals surface area contributed by atoms with Gasteiger partial charge >= 0.3 is 0 Å². The zero-order chi connectivity index (χ0) is 22.2. The Hall–Kier alpha value is -3.07. The Labute approximate surface area is 187 Å². The van der Waals surface area contributed by atoms with Crippen LogP contribution in [-0.2, 0) is 6.54 Å². The maximum Gasteiger partial charge on any atom is 0.266 e. The molecule has 9 heteroatoms. The Morgan fingerprint density at radius 2 is 1.66 bits per heavy atom. The highest BCUT2D eigenvalue weighted by Gasteiger charge is 2.28. The van der Waals surface area contributed by atoms with Gasteiger partial charge in [0.05, 0.1) is 12.2 Å². The summed E-state index contributed by atoms with van der Waals surface area (Å²) in [6.07, 6.45) is 2.43. The molecule has 0 radical (unpaired) electrons. The van der Waals surface area contributed by atoms with Crippen molar-refractivity contribution in [3.63, 3.8) is 0 Å². The predicted octanol–water partition coefficient (Wildman–Crippen LogP) is 1.84. The quantitative estimate of drug-likeness (QED) is 0.585. The van der Waals surface area contributed by atoms with Crippen molar-refractivity contribution in [1.82, 2.24) is 34.4 Å². The van der Waals surface area contributed by atoms with Crippen molar-refractivity contribution in [3.05, 3.63) is 57.5 Å². The van der Waals surface area contributed by atoms with E-state index in [1.165, 1.54) is 12.8 Å². The normalized spacial score (nSPS) is 17.2. The Bertz CT molecular complexity index is 1170. The van der Waals surface area contributed by atoms with Crippen molar-refractivity contribution in [2.75, 3.05) is 37.6 Å². The summed E-state index contributed by atoms with van der Waals surface area (Å²) in [4.78, 5) is 26.5. The van der Waals surface area contributed by atoms with E-state index in [1.807, 2.05) is 19.9 Å². The van der Waals surface area contributed by atoms with E-state index in [4.69, 9.17) is 4.98 Å². The van der Waals surface area contributed by atoms with E-state index in [-0.39, 0.29) is 5.56 Å². The molecule has 168 valence electrons. The summed E-state index contributed by atoms with van der Waals surface area (Å²) in [5, 5.41) is 9.03. The first kappa shape index (κ1) is 20.8. The Morgan fingerprint density at radius 1 is 0.875 bits per heavy atom. The minimum Gasteiger partial charge on any atom is -0.354 e. The third kappa shape index (κ3) is 4.43. The van der Waals surface area contributed by atoms with Gasteiger partial charge < -0.3 is 4.90 Å². The molecule has 0 unspecified atom stereocenters. The van der Waals surface area contributed by atoms with Crippen molar-refractivity contribution >= 4 is 5.82 Å². The first-order chi connectivity index (χ1) is 15.5. The number of hydrogen-bond acceptors (Lipinski definition) is 7. The molecular weight excluding hydrogens is 404 g/mol. The second kappa shape index (κ2) is 8.46. The molecule has 3 aromatic rings. The highest BCUT2D eigenvalue weighted by molar-refractivity contribution is 5.41. The average molecular weight is 435 g/mol. The number of piperazine rings is 1. The van der Waals surface area contributed by atoms with Crippen LogP contribution in [0.15, 0.2) is 29.1 Å². The van der Waals surface area contributed by atoms with Crippen molar-refractivity contribution in [2.24, 2.45) is 0 Å². The summed E-state index contributed by atoms with van der Waals surface area (Å²) in [7, 11) is 0. The second-order valence-electron chi connectivity index (χ2n) is 8.92. The molecule has 2 aliphatic rings. The smallest absolute Gasteiger partial charge is 0.266 e. The molecule has 1 saturated carbocycles. The van der Waals surface area contributed by atoms with Gasteiger partial charge in [-0.3, -0.25) is 9.69 Å². The van der Waals surface area contributed by atoms with Gasteiger partial charge in [-0.1, -0.05) is 0 Å². The molecule has 0 N–H and O–H groups in total. The van der Waals surface area contributed by atoms with Crippen LogP contribution in [0.25, 0.3) is 5.82 Å². The number of aromatic nitrogens is 6. The molecule has 0 amide bonds. The molecule has 0 spiro atoms. The lowest BCUT2D eigenvalue weighted by Gasteiger charge is -2.35. The Kier molecular flexibility index (Phi) is 5.50. The summed E-state index contributed by atoms with van der Waals surface area (Å²) in [5.74, 6) is 3.29. The van der Waals surface area contributed by atoms with E-state index in [1.54, 1.807) is 21.5 Å². The van der Waals surface area contributed by atoms with Crippen LogP contribution >= 0.6 is 0 Å². The Morgan fingerprint density at radius 3 is 2.34 bits per heavy atom. The molecular formula is C23H30N8O. The number of aryl methyl sites for hydroxylation is 3. The van der Waals surface area contributed by atoms with Crippen LogP contribution in [0, 0.1) is 20.8 Å². The van der Waals surface area contributed by atoms with Gasteiger partial charge in [0.1, 0.15) is 11.6 Å². The van der Waals surface area contributed by atoms with E-state index in [0.29, 0.717) is 18.3 Å². The summed E-state index contributed by atoms with van der Waals surface area (Å²) in [6, 6.07) is 7.40. The SMILES string of the molecule is Cc1cc(N2CCN(CCn3nc(-n4nc(C)cc4C)ccc3=O)CC2)nc(C2CC2)n1. The second-order valence-corrected chi connectivity index (χ2v) is 8.92. The average Bonchev–Trinajstić information content (AvgIpc) is 3.57. The minimum absolute atomic E-state index is 0.0852. The maximum atomic E-state index is 12.4. The van der Waals surface area contributed by atoms with Crippen molar-refractivity contribution < 1.29 is 0 Å². The van der Waals surface area contributed by atoms with Crippen LogP contribution in [0.3, 0.4) is 0 Å². The molecule has 1 aliphatic carbocycles. The number of hydrogen-bond donors (Lipinski definition) is 0. The third-order valence-electron chi connectivity index (χ3n) is 6.20. The van der Waals surface area contributed by atoms with Gasteiger partial charge in [0, 0.05) is 62.2 Å². The first-order valence-electron chi connectivity index (χ1n) is 11.4. The number of nitrogens with zero attached hydrogens (tertiary/aromatic N) is 8. The van der Waals surface area contributed by atoms with Crippen LogP contribution in [0.4, 0.5) is 5.82 Å². The lowest BCUT2D eigenvalue weighted by atomic mass is 10.3. The van der Waals surface area contributed by atoms with E-state index in [2.05, 4.69) is 38.0 Å². The van der Waals surface area contributed by atoms with Gasteiger partial charge in [0.25, 0.3) is 5.56 Å². The molecule has 3 aromatic heterocycles. The van der Waals surface area contributed by atoms with Gasteiger partial charge in [0.2, 0.25) is 0 Å². The third-order valence-corrected chi connectivity index (χ3v) is 6.20. The summed E-state index contributed by atoms with van der Waals surface area (Å²) in [5.41, 5.74) is 2.90. The topological polar surface area (TPSA) is 85.0 Å².